The van der Waals surface area contributed by atoms with Gasteiger partial charge >= 0.3 is 0 Å². The van der Waals surface area contributed by atoms with E-state index >= 15 is 0 Å². The average Bonchev–Trinajstić information content (AvgIpc) is 2.75. The van der Waals surface area contributed by atoms with Gasteiger partial charge in [0, 0.05) is 20.6 Å². The van der Waals surface area contributed by atoms with Gasteiger partial charge in [-0.3, -0.25) is 4.68 Å². The van der Waals surface area contributed by atoms with Gasteiger partial charge in [0.1, 0.15) is 0 Å². The van der Waals surface area contributed by atoms with Gasteiger partial charge in [-0.2, -0.15) is 5.10 Å². The summed E-state index contributed by atoms with van der Waals surface area (Å²) in [6, 6.07) is 7.87. The predicted molar refractivity (Wildman–Crippen MR) is 86.1 cm³/mol. The third kappa shape index (κ3) is 3.73. The van der Waals surface area contributed by atoms with Gasteiger partial charge in [-0.05, 0) is 33.5 Å². The average molecular weight is 353 g/mol. The highest BCUT2D eigenvalue weighted by Gasteiger charge is 2.17. The van der Waals surface area contributed by atoms with Crippen molar-refractivity contribution in [3.8, 4) is 0 Å². The van der Waals surface area contributed by atoms with E-state index in [9.17, 15) is 5.11 Å². The zero-order valence-corrected chi connectivity index (χ0v) is 14.2. The van der Waals surface area contributed by atoms with Crippen molar-refractivity contribution in [3.63, 3.8) is 0 Å². The van der Waals surface area contributed by atoms with Crippen LogP contribution in [0.15, 0.2) is 28.7 Å². The molecular weight excluding hydrogens is 332 g/mol. The molecular formula is C16H21BrN2O2. The first-order valence-electron chi connectivity index (χ1n) is 7.02. The molecule has 114 valence electrons. The standard InChI is InChI=1S/C16H21BrN2O2/c1-4-13-16(17)14(19(2)18-13)9-15(20)12-7-5-6-11(8-12)10-21-3/h5-8,15,20H,4,9-10H2,1-3H3. The number of rotatable bonds is 6. The Kier molecular flexibility index (Phi) is 5.56. The number of benzene rings is 1. The van der Waals surface area contributed by atoms with Gasteiger partial charge in [0.15, 0.2) is 0 Å². The molecule has 1 atom stereocenters. The minimum atomic E-state index is -0.557. The Hall–Kier alpha value is -1.17. The summed E-state index contributed by atoms with van der Waals surface area (Å²) in [6.45, 7) is 2.62. The molecule has 0 spiro atoms. The van der Waals surface area contributed by atoms with Gasteiger partial charge in [-0.15, -0.1) is 0 Å². The Balaban J connectivity index is 2.19. The smallest absolute Gasteiger partial charge is 0.0845 e. The van der Waals surface area contributed by atoms with E-state index in [1.807, 2.05) is 36.0 Å². The van der Waals surface area contributed by atoms with Crippen molar-refractivity contribution in [2.75, 3.05) is 7.11 Å². The molecule has 2 aromatic rings. The summed E-state index contributed by atoms with van der Waals surface area (Å²) in [4.78, 5) is 0. The van der Waals surface area contributed by atoms with Crippen molar-refractivity contribution in [1.82, 2.24) is 9.78 Å². The van der Waals surface area contributed by atoms with E-state index in [0.29, 0.717) is 13.0 Å². The molecule has 4 nitrogen and oxygen atoms in total. The van der Waals surface area contributed by atoms with Crippen LogP contribution in [0.4, 0.5) is 0 Å². The van der Waals surface area contributed by atoms with Gasteiger partial charge in [-0.1, -0.05) is 31.2 Å². The Morgan fingerprint density at radius 2 is 2.19 bits per heavy atom. The monoisotopic (exact) mass is 352 g/mol. The summed E-state index contributed by atoms with van der Waals surface area (Å²) in [5.74, 6) is 0. The lowest BCUT2D eigenvalue weighted by atomic mass is 10.0. The molecule has 21 heavy (non-hydrogen) atoms. The molecule has 1 aromatic heterocycles. The number of aliphatic hydroxyl groups is 1. The summed E-state index contributed by atoms with van der Waals surface area (Å²) in [6.07, 6.45) is 0.840. The molecule has 5 heteroatoms. The van der Waals surface area contributed by atoms with Crippen LogP contribution in [0.25, 0.3) is 0 Å². The molecule has 0 radical (unpaired) electrons. The van der Waals surface area contributed by atoms with Crippen molar-refractivity contribution in [1.29, 1.82) is 0 Å². The third-order valence-electron chi connectivity index (χ3n) is 3.54. The molecule has 0 bridgehead atoms. The quantitative estimate of drug-likeness (QED) is 0.868. The number of nitrogens with zero attached hydrogens (tertiary/aromatic N) is 2. The Bertz CT molecular complexity index is 610. The topological polar surface area (TPSA) is 47.3 Å². The normalized spacial score (nSPS) is 12.6. The lowest BCUT2D eigenvalue weighted by molar-refractivity contribution is 0.173. The van der Waals surface area contributed by atoms with Gasteiger partial charge in [0.25, 0.3) is 0 Å². The van der Waals surface area contributed by atoms with Crippen molar-refractivity contribution >= 4 is 15.9 Å². The summed E-state index contributed by atoms with van der Waals surface area (Å²) in [5.41, 5.74) is 3.99. The van der Waals surface area contributed by atoms with E-state index in [1.165, 1.54) is 0 Å². The van der Waals surface area contributed by atoms with Gasteiger partial charge < -0.3 is 9.84 Å². The van der Waals surface area contributed by atoms with E-state index in [0.717, 1.165) is 33.4 Å². The molecule has 1 heterocycles. The maximum absolute atomic E-state index is 10.5. The molecule has 0 amide bonds. The number of halogens is 1. The fourth-order valence-corrected chi connectivity index (χ4v) is 3.18. The first-order valence-corrected chi connectivity index (χ1v) is 7.82. The summed E-state index contributed by atoms with van der Waals surface area (Å²) >= 11 is 3.59. The minimum Gasteiger partial charge on any atom is -0.388 e. The van der Waals surface area contributed by atoms with Crippen LogP contribution >= 0.6 is 15.9 Å². The SMILES string of the molecule is CCc1nn(C)c(CC(O)c2cccc(COC)c2)c1Br. The third-order valence-corrected chi connectivity index (χ3v) is 4.45. The zero-order chi connectivity index (χ0) is 15.4. The van der Waals surface area contributed by atoms with E-state index < -0.39 is 6.10 Å². The van der Waals surface area contributed by atoms with Gasteiger partial charge in [0.05, 0.1) is 28.6 Å². The number of ether oxygens (including phenoxy) is 1. The van der Waals surface area contributed by atoms with Crippen LogP contribution in [0, 0.1) is 0 Å². The second-order valence-electron chi connectivity index (χ2n) is 5.08. The molecule has 0 fully saturated rings. The second-order valence-corrected chi connectivity index (χ2v) is 5.88. The maximum atomic E-state index is 10.5. The van der Waals surface area contributed by atoms with Crippen molar-refractivity contribution in [3.05, 3.63) is 51.3 Å². The minimum absolute atomic E-state index is 0.528. The summed E-state index contributed by atoms with van der Waals surface area (Å²) in [5, 5.41) is 15.0. The Morgan fingerprint density at radius 1 is 1.43 bits per heavy atom. The second kappa shape index (κ2) is 7.20. The van der Waals surface area contributed by atoms with Crippen LogP contribution in [-0.4, -0.2) is 22.0 Å². The van der Waals surface area contributed by atoms with Gasteiger partial charge in [0.2, 0.25) is 0 Å². The number of aromatic nitrogens is 2. The number of hydrogen-bond acceptors (Lipinski definition) is 3. The summed E-state index contributed by atoms with van der Waals surface area (Å²) < 4.78 is 7.97. The predicted octanol–water partition coefficient (Wildman–Crippen LogP) is 3.17. The molecule has 0 aliphatic heterocycles. The van der Waals surface area contributed by atoms with Crippen LogP contribution in [-0.2, 0) is 31.2 Å². The molecule has 2 rings (SSSR count). The number of methoxy groups -OCH3 is 1. The summed E-state index contributed by atoms with van der Waals surface area (Å²) in [7, 11) is 3.58. The number of hydrogen-bond donors (Lipinski definition) is 1. The Labute approximate surface area is 133 Å². The van der Waals surface area contributed by atoms with E-state index in [1.54, 1.807) is 7.11 Å². The van der Waals surface area contributed by atoms with E-state index in [4.69, 9.17) is 4.74 Å². The van der Waals surface area contributed by atoms with Crippen molar-refractivity contribution in [2.45, 2.75) is 32.5 Å². The molecule has 0 aliphatic carbocycles. The maximum Gasteiger partial charge on any atom is 0.0845 e. The molecule has 1 unspecified atom stereocenters. The lowest BCUT2D eigenvalue weighted by Gasteiger charge is -2.13. The highest BCUT2D eigenvalue weighted by atomic mass is 79.9. The Morgan fingerprint density at radius 3 is 2.81 bits per heavy atom. The first kappa shape index (κ1) is 16.2. The van der Waals surface area contributed by atoms with Crippen molar-refractivity contribution in [2.24, 2.45) is 7.05 Å². The van der Waals surface area contributed by atoms with Crippen LogP contribution in [0.1, 0.15) is 35.5 Å². The fraction of sp³-hybridized carbons (Fsp3) is 0.438. The first-order chi connectivity index (χ1) is 10.1. The van der Waals surface area contributed by atoms with E-state index in [2.05, 4.69) is 28.0 Å². The van der Waals surface area contributed by atoms with Crippen LogP contribution in [0.2, 0.25) is 0 Å². The van der Waals surface area contributed by atoms with Gasteiger partial charge in [-0.25, -0.2) is 0 Å². The molecule has 1 aromatic carbocycles. The van der Waals surface area contributed by atoms with Crippen LogP contribution < -0.4 is 0 Å². The van der Waals surface area contributed by atoms with Crippen LogP contribution in [0.3, 0.4) is 0 Å². The molecule has 0 saturated carbocycles. The highest BCUT2D eigenvalue weighted by molar-refractivity contribution is 9.10. The van der Waals surface area contributed by atoms with Crippen molar-refractivity contribution < 1.29 is 9.84 Å². The lowest BCUT2D eigenvalue weighted by Crippen LogP contribution is -2.07. The highest BCUT2D eigenvalue weighted by Crippen LogP contribution is 2.27. The van der Waals surface area contributed by atoms with E-state index in [-0.39, 0.29) is 0 Å². The number of aryl methyl sites for hydroxylation is 2. The zero-order valence-electron chi connectivity index (χ0n) is 12.6. The largest absolute Gasteiger partial charge is 0.388 e. The number of aliphatic hydroxyl groups excluding tert-OH is 1. The fourth-order valence-electron chi connectivity index (χ4n) is 2.40. The molecule has 1 N–H and O–H groups in total. The molecule has 0 aliphatic rings. The molecule has 0 saturated heterocycles. The van der Waals surface area contributed by atoms with Crippen LogP contribution in [0.5, 0.6) is 0 Å².